The van der Waals surface area contributed by atoms with E-state index in [0.717, 1.165) is 31.3 Å². The molecule has 0 aromatic heterocycles. The minimum absolute atomic E-state index is 0.0358. The molecule has 2 aromatic rings. The first-order valence-corrected chi connectivity index (χ1v) is 9.81. The number of nitrogens with zero attached hydrogens (tertiary/aromatic N) is 2. The number of aryl methyl sites for hydroxylation is 1. The molecule has 2 aromatic carbocycles. The highest BCUT2D eigenvalue weighted by atomic mass is 16.5. The molecule has 1 aliphatic rings. The third-order valence-electron chi connectivity index (χ3n) is 4.69. The molecule has 1 aliphatic heterocycles. The molecular weight excluding hydrogens is 348 g/mol. The van der Waals surface area contributed by atoms with Crippen molar-refractivity contribution in [2.24, 2.45) is 4.99 Å². The fourth-order valence-corrected chi connectivity index (χ4v) is 3.12. The molecule has 148 valence electrons. The smallest absolute Gasteiger partial charge is 0.191 e. The van der Waals surface area contributed by atoms with Crippen LogP contribution in [0.2, 0.25) is 0 Å². The standard InChI is InChI=1S/C23H30N4O/c1-18-7-6-8-22(15-18)28-19(2)16-25-23(24-3)26-17-20-9-11-21(12-10-20)27-13-4-5-14-27/h4-12,15,19H,13-14,16-17H2,1-3H3,(H2,24,25,26). The Morgan fingerprint density at radius 2 is 1.86 bits per heavy atom. The maximum atomic E-state index is 5.96. The molecule has 5 nitrogen and oxygen atoms in total. The Kier molecular flexibility index (Phi) is 6.95. The molecule has 0 amide bonds. The fraction of sp³-hybridized carbons (Fsp3) is 0.348. The minimum Gasteiger partial charge on any atom is -0.489 e. The van der Waals surface area contributed by atoms with Crippen LogP contribution in [-0.2, 0) is 6.54 Å². The lowest BCUT2D eigenvalue weighted by molar-refractivity contribution is 0.223. The van der Waals surface area contributed by atoms with E-state index in [4.69, 9.17) is 4.74 Å². The van der Waals surface area contributed by atoms with Gasteiger partial charge < -0.3 is 20.3 Å². The van der Waals surface area contributed by atoms with E-state index in [1.165, 1.54) is 16.8 Å². The summed E-state index contributed by atoms with van der Waals surface area (Å²) < 4.78 is 5.96. The van der Waals surface area contributed by atoms with Crippen molar-refractivity contribution in [2.45, 2.75) is 26.5 Å². The summed E-state index contributed by atoms with van der Waals surface area (Å²) >= 11 is 0. The zero-order valence-electron chi connectivity index (χ0n) is 17.0. The maximum absolute atomic E-state index is 5.96. The van der Waals surface area contributed by atoms with Crippen LogP contribution in [-0.4, -0.2) is 38.7 Å². The van der Waals surface area contributed by atoms with Crippen molar-refractivity contribution in [1.29, 1.82) is 0 Å². The van der Waals surface area contributed by atoms with Gasteiger partial charge in [0.15, 0.2) is 5.96 Å². The van der Waals surface area contributed by atoms with Crippen molar-refractivity contribution in [2.75, 3.05) is 31.6 Å². The second-order valence-electron chi connectivity index (χ2n) is 7.09. The van der Waals surface area contributed by atoms with Crippen LogP contribution in [0.15, 0.2) is 65.7 Å². The van der Waals surface area contributed by atoms with Crippen LogP contribution < -0.4 is 20.3 Å². The number of nitrogens with one attached hydrogen (secondary N) is 2. The molecule has 0 bridgehead atoms. The average molecular weight is 379 g/mol. The summed E-state index contributed by atoms with van der Waals surface area (Å²) in [7, 11) is 1.78. The summed E-state index contributed by atoms with van der Waals surface area (Å²) in [5, 5.41) is 6.69. The summed E-state index contributed by atoms with van der Waals surface area (Å²) in [5.41, 5.74) is 3.68. The molecule has 28 heavy (non-hydrogen) atoms. The molecule has 1 atom stereocenters. The molecule has 0 spiro atoms. The first-order chi connectivity index (χ1) is 13.6. The lowest BCUT2D eigenvalue weighted by Crippen LogP contribution is -2.41. The monoisotopic (exact) mass is 378 g/mol. The van der Waals surface area contributed by atoms with E-state index < -0.39 is 0 Å². The fourth-order valence-electron chi connectivity index (χ4n) is 3.12. The van der Waals surface area contributed by atoms with Crippen molar-refractivity contribution in [3.8, 4) is 5.75 Å². The van der Waals surface area contributed by atoms with Gasteiger partial charge in [-0.15, -0.1) is 0 Å². The van der Waals surface area contributed by atoms with E-state index in [1.807, 2.05) is 18.2 Å². The second kappa shape index (κ2) is 9.83. The number of guanidine groups is 1. The van der Waals surface area contributed by atoms with Gasteiger partial charge in [0.1, 0.15) is 11.9 Å². The van der Waals surface area contributed by atoms with E-state index in [2.05, 4.69) is 76.9 Å². The van der Waals surface area contributed by atoms with Crippen LogP contribution in [0.25, 0.3) is 0 Å². The lowest BCUT2D eigenvalue weighted by Gasteiger charge is -2.19. The number of hydrogen-bond acceptors (Lipinski definition) is 3. The van der Waals surface area contributed by atoms with Gasteiger partial charge in [-0.25, -0.2) is 0 Å². The van der Waals surface area contributed by atoms with Gasteiger partial charge in [0, 0.05) is 32.4 Å². The van der Waals surface area contributed by atoms with Gasteiger partial charge in [0.25, 0.3) is 0 Å². The summed E-state index contributed by atoms with van der Waals surface area (Å²) in [6.07, 6.45) is 4.44. The van der Waals surface area contributed by atoms with Crippen LogP contribution >= 0.6 is 0 Å². The molecule has 0 saturated heterocycles. The van der Waals surface area contributed by atoms with Gasteiger partial charge in [-0.3, -0.25) is 4.99 Å². The van der Waals surface area contributed by atoms with E-state index in [0.29, 0.717) is 6.54 Å². The topological polar surface area (TPSA) is 48.9 Å². The summed E-state index contributed by atoms with van der Waals surface area (Å²) in [5.74, 6) is 1.66. The predicted octanol–water partition coefficient (Wildman–Crippen LogP) is 3.50. The van der Waals surface area contributed by atoms with Crippen LogP contribution in [0.4, 0.5) is 5.69 Å². The van der Waals surface area contributed by atoms with Crippen molar-refractivity contribution < 1.29 is 4.74 Å². The Bertz CT molecular complexity index is 806. The number of benzene rings is 2. The third kappa shape index (κ3) is 5.78. The molecular formula is C23H30N4O. The largest absolute Gasteiger partial charge is 0.489 e. The Hall–Kier alpha value is -2.95. The van der Waals surface area contributed by atoms with Crippen molar-refractivity contribution >= 4 is 11.6 Å². The predicted molar refractivity (Wildman–Crippen MR) is 117 cm³/mol. The first-order valence-electron chi connectivity index (χ1n) is 9.81. The third-order valence-corrected chi connectivity index (χ3v) is 4.69. The highest BCUT2D eigenvalue weighted by Gasteiger charge is 2.08. The van der Waals surface area contributed by atoms with Crippen LogP contribution in [0.3, 0.4) is 0 Å². The Morgan fingerprint density at radius 1 is 1.11 bits per heavy atom. The maximum Gasteiger partial charge on any atom is 0.191 e. The van der Waals surface area contributed by atoms with Gasteiger partial charge in [-0.1, -0.05) is 36.4 Å². The van der Waals surface area contributed by atoms with Gasteiger partial charge in [0.2, 0.25) is 0 Å². The molecule has 0 radical (unpaired) electrons. The zero-order valence-corrected chi connectivity index (χ0v) is 17.0. The Balaban J connectivity index is 1.42. The summed E-state index contributed by atoms with van der Waals surface area (Å²) in [6, 6.07) is 16.8. The zero-order chi connectivity index (χ0) is 19.8. The quantitative estimate of drug-likeness (QED) is 0.440. The molecule has 0 saturated carbocycles. The summed E-state index contributed by atoms with van der Waals surface area (Å²) in [4.78, 5) is 6.64. The lowest BCUT2D eigenvalue weighted by atomic mass is 10.2. The van der Waals surface area contributed by atoms with E-state index in [1.54, 1.807) is 7.05 Å². The molecule has 0 fully saturated rings. The molecule has 0 aliphatic carbocycles. The molecule has 5 heteroatoms. The van der Waals surface area contributed by atoms with Gasteiger partial charge >= 0.3 is 0 Å². The Labute approximate surface area is 168 Å². The van der Waals surface area contributed by atoms with Gasteiger partial charge in [-0.05, 0) is 49.2 Å². The van der Waals surface area contributed by atoms with Crippen LogP contribution in [0.1, 0.15) is 18.1 Å². The average Bonchev–Trinajstić information content (AvgIpc) is 3.23. The van der Waals surface area contributed by atoms with Gasteiger partial charge in [-0.2, -0.15) is 0 Å². The number of hydrogen-bond donors (Lipinski definition) is 2. The SMILES string of the molecule is CN=C(NCc1ccc(N2CC=CC2)cc1)NCC(C)Oc1cccc(C)c1. The second-order valence-corrected chi connectivity index (χ2v) is 7.09. The Morgan fingerprint density at radius 3 is 2.54 bits per heavy atom. The minimum atomic E-state index is 0.0358. The number of aliphatic imine (C=N–C) groups is 1. The highest BCUT2D eigenvalue weighted by molar-refractivity contribution is 5.79. The number of ether oxygens (including phenoxy) is 1. The highest BCUT2D eigenvalue weighted by Crippen LogP contribution is 2.17. The molecule has 1 heterocycles. The molecule has 2 N–H and O–H groups in total. The van der Waals surface area contributed by atoms with Crippen molar-refractivity contribution in [3.05, 3.63) is 71.8 Å². The number of rotatable bonds is 7. The molecule has 1 unspecified atom stereocenters. The van der Waals surface area contributed by atoms with Crippen molar-refractivity contribution in [3.63, 3.8) is 0 Å². The van der Waals surface area contributed by atoms with Gasteiger partial charge in [0.05, 0.1) is 6.54 Å². The molecule has 3 rings (SSSR count). The van der Waals surface area contributed by atoms with Crippen LogP contribution in [0, 0.1) is 6.92 Å². The summed E-state index contributed by atoms with van der Waals surface area (Å²) in [6.45, 7) is 7.51. The van der Waals surface area contributed by atoms with E-state index >= 15 is 0 Å². The normalized spacial score (nSPS) is 14.8. The van der Waals surface area contributed by atoms with Crippen molar-refractivity contribution in [1.82, 2.24) is 10.6 Å². The van der Waals surface area contributed by atoms with E-state index in [-0.39, 0.29) is 6.10 Å². The van der Waals surface area contributed by atoms with Crippen LogP contribution in [0.5, 0.6) is 5.75 Å². The van der Waals surface area contributed by atoms with E-state index in [9.17, 15) is 0 Å². The first kappa shape index (κ1) is 19.8. The number of anilines is 1.